The van der Waals surface area contributed by atoms with Crippen LogP contribution in [0.2, 0.25) is 0 Å². The van der Waals surface area contributed by atoms with E-state index in [0.717, 1.165) is 0 Å². The van der Waals surface area contributed by atoms with Crippen molar-refractivity contribution in [3.8, 4) is 5.75 Å². The Morgan fingerprint density at radius 2 is 1.54 bits per heavy atom. The number of aromatic nitrogens is 2. The molecule has 0 saturated heterocycles. The Labute approximate surface area is 202 Å². The van der Waals surface area contributed by atoms with Crippen molar-refractivity contribution in [2.75, 3.05) is 16.6 Å². The number of rotatable bonds is 8. The molecule has 4 rings (SSSR count). The predicted octanol–water partition coefficient (Wildman–Crippen LogP) is 3.87. The van der Waals surface area contributed by atoms with Crippen LogP contribution < -0.4 is 20.3 Å². The van der Waals surface area contributed by atoms with Crippen LogP contribution in [0, 0.1) is 0 Å². The van der Waals surface area contributed by atoms with Crippen LogP contribution in [0.3, 0.4) is 0 Å². The lowest BCUT2D eigenvalue weighted by atomic mass is 10.1. The molecule has 0 fully saturated rings. The van der Waals surface area contributed by atoms with Crippen molar-refractivity contribution >= 4 is 38.1 Å². The highest BCUT2D eigenvalue weighted by atomic mass is 32.2. The first-order valence-corrected chi connectivity index (χ1v) is 12.5. The normalized spacial score (nSPS) is 11.3. The fraction of sp³-hybridized carbons (Fsp3) is 0.160. The standard InChI is InChI=1S/C25H24N4O5S/c1-3-29-25(31)22-8-6-5-7-21(22)23(27-29)24(30)26-17-11-15-20(16-12-17)35(32,33)28-18-9-13-19(14-10-18)34-4-2/h5-16,28H,3-4H2,1-2H3,(H,26,30). The van der Waals surface area contributed by atoms with Gasteiger partial charge in [0.25, 0.3) is 21.5 Å². The summed E-state index contributed by atoms with van der Waals surface area (Å²) < 4.78 is 34.6. The second-order valence-corrected chi connectivity index (χ2v) is 9.24. The van der Waals surface area contributed by atoms with E-state index in [0.29, 0.717) is 41.0 Å². The zero-order chi connectivity index (χ0) is 25.0. The van der Waals surface area contributed by atoms with E-state index in [1.165, 1.54) is 28.9 Å². The molecule has 0 aliphatic carbocycles. The number of hydrogen-bond acceptors (Lipinski definition) is 6. The third-order valence-corrected chi connectivity index (χ3v) is 6.62. The highest BCUT2D eigenvalue weighted by molar-refractivity contribution is 7.92. The molecule has 1 heterocycles. The van der Waals surface area contributed by atoms with E-state index in [2.05, 4.69) is 15.1 Å². The summed E-state index contributed by atoms with van der Waals surface area (Å²) in [5.41, 5.74) is 0.620. The number of ether oxygens (including phenoxy) is 1. The van der Waals surface area contributed by atoms with E-state index < -0.39 is 15.9 Å². The topological polar surface area (TPSA) is 119 Å². The van der Waals surface area contributed by atoms with Gasteiger partial charge < -0.3 is 10.1 Å². The fourth-order valence-electron chi connectivity index (χ4n) is 3.52. The van der Waals surface area contributed by atoms with Crippen LogP contribution in [0.5, 0.6) is 5.75 Å². The van der Waals surface area contributed by atoms with E-state index in [1.54, 1.807) is 55.5 Å². The summed E-state index contributed by atoms with van der Waals surface area (Å²) in [6.07, 6.45) is 0. The van der Waals surface area contributed by atoms with Crippen molar-refractivity contribution in [1.29, 1.82) is 0 Å². The van der Waals surface area contributed by atoms with Gasteiger partial charge in [0.15, 0.2) is 5.69 Å². The molecule has 9 nitrogen and oxygen atoms in total. The number of fused-ring (bicyclic) bond motifs is 1. The SMILES string of the molecule is CCOc1ccc(NS(=O)(=O)c2ccc(NC(=O)c3nn(CC)c(=O)c4ccccc34)cc2)cc1. The first kappa shape index (κ1) is 24.0. The predicted molar refractivity (Wildman–Crippen MR) is 134 cm³/mol. The number of carbonyl (C=O) groups is 1. The molecule has 35 heavy (non-hydrogen) atoms. The summed E-state index contributed by atoms with van der Waals surface area (Å²) in [6, 6.07) is 19.1. The molecule has 0 aliphatic heterocycles. The number of sulfonamides is 1. The summed E-state index contributed by atoms with van der Waals surface area (Å²) in [6.45, 7) is 4.47. The lowest BCUT2D eigenvalue weighted by molar-refractivity contribution is 0.102. The van der Waals surface area contributed by atoms with Gasteiger partial charge in [0.2, 0.25) is 0 Å². The van der Waals surface area contributed by atoms with Crippen molar-refractivity contribution < 1.29 is 17.9 Å². The van der Waals surface area contributed by atoms with E-state index in [1.807, 2.05) is 6.92 Å². The highest BCUT2D eigenvalue weighted by Gasteiger charge is 2.18. The maximum absolute atomic E-state index is 13.0. The Kier molecular flexibility index (Phi) is 6.83. The van der Waals surface area contributed by atoms with Gasteiger partial charge in [-0.1, -0.05) is 18.2 Å². The summed E-state index contributed by atoms with van der Waals surface area (Å²) in [5, 5.41) is 7.78. The molecule has 0 bridgehead atoms. The largest absolute Gasteiger partial charge is 0.494 e. The average Bonchev–Trinajstić information content (AvgIpc) is 2.86. The molecule has 3 aromatic carbocycles. The Morgan fingerprint density at radius 1 is 0.914 bits per heavy atom. The van der Waals surface area contributed by atoms with Gasteiger partial charge in [-0.2, -0.15) is 5.10 Å². The third-order valence-electron chi connectivity index (χ3n) is 5.22. The zero-order valence-electron chi connectivity index (χ0n) is 19.2. The Hall–Kier alpha value is -4.18. The molecular weight excluding hydrogens is 468 g/mol. The Balaban J connectivity index is 1.53. The lowest BCUT2D eigenvalue weighted by Crippen LogP contribution is -2.27. The van der Waals surface area contributed by atoms with Gasteiger partial charge in [-0.15, -0.1) is 0 Å². The van der Waals surface area contributed by atoms with Gasteiger partial charge in [-0.25, -0.2) is 13.1 Å². The summed E-state index contributed by atoms with van der Waals surface area (Å²) >= 11 is 0. The first-order chi connectivity index (χ1) is 16.8. The average molecular weight is 493 g/mol. The molecule has 10 heteroatoms. The van der Waals surface area contributed by atoms with Gasteiger partial charge in [-0.05, 0) is 68.4 Å². The van der Waals surface area contributed by atoms with Gasteiger partial charge in [0.05, 0.1) is 16.9 Å². The van der Waals surface area contributed by atoms with Crippen LogP contribution in [-0.2, 0) is 16.6 Å². The molecule has 0 unspecified atom stereocenters. The Bertz CT molecular complexity index is 1530. The van der Waals surface area contributed by atoms with Gasteiger partial charge in [0.1, 0.15) is 5.75 Å². The summed E-state index contributed by atoms with van der Waals surface area (Å²) in [7, 11) is -3.83. The van der Waals surface area contributed by atoms with Crippen LogP contribution in [0.15, 0.2) is 82.5 Å². The molecule has 0 radical (unpaired) electrons. The highest BCUT2D eigenvalue weighted by Crippen LogP contribution is 2.21. The lowest BCUT2D eigenvalue weighted by Gasteiger charge is -2.11. The fourth-order valence-corrected chi connectivity index (χ4v) is 4.58. The van der Waals surface area contributed by atoms with Crippen LogP contribution in [0.1, 0.15) is 24.3 Å². The molecule has 0 aliphatic rings. The molecule has 180 valence electrons. The van der Waals surface area contributed by atoms with Gasteiger partial charge in [-0.3, -0.25) is 14.3 Å². The van der Waals surface area contributed by atoms with Crippen molar-refractivity contribution in [1.82, 2.24) is 9.78 Å². The maximum Gasteiger partial charge on any atom is 0.276 e. The zero-order valence-corrected chi connectivity index (χ0v) is 20.0. The summed E-state index contributed by atoms with van der Waals surface area (Å²) in [5.74, 6) is 0.138. The molecule has 2 N–H and O–H groups in total. The number of aryl methyl sites for hydroxylation is 1. The summed E-state index contributed by atoms with van der Waals surface area (Å²) in [4.78, 5) is 25.5. The number of carbonyl (C=O) groups excluding carboxylic acids is 1. The van der Waals surface area contributed by atoms with E-state index in [-0.39, 0.29) is 16.1 Å². The molecule has 4 aromatic rings. The third kappa shape index (κ3) is 5.17. The number of nitrogens with zero attached hydrogens (tertiary/aromatic N) is 2. The number of amides is 1. The smallest absolute Gasteiger partial charge is 0.276 e. The minimum Gasteiger partial charge on any atom is -0.494 e. The molecule has 1 aromatic heterocycles. The maximum atomic E-state index is 13.0. The van der Waals surface area contributed by atoms with Gasteiger partial charge in [0, 0.05) is 23.3 Å². The van der Waals surface area contributed by atoms with E-state index >= 15 is 0 Å². The molecular formula is C25H24N4O5S. The van der Waals surface area contributed by atoms with Crippen LogP contribution in [0.25, 0.3) is 10.8 Å². The monoisotopic (exact) mass is 492 g/mol. The van der Waals surface area contributed by atoms with Crippen molar-refractivity contribution in [2.24, 2.45) is 0 Å². The number of anilines is 2. The molecule has 0 spiro atoms. The number of nitrogens with one attached hydrogen (secondary N) is 2. The van der Waals surface area contributed by atoms with Gasteiger partial charge >= 0.3 is 0 Å². The number of benzene rings is 3. The van der Waals surface area contributed by atoms with E-state index in [4.69, 9.17) is 4.74 Å². The van der Waals surface area contributed by atoms with E-state index in [9.17, 15) is 18.0 Å². The second-order valence-electron chi connectivity index (χ2n) is 7.56. The van der Waals surface area contributed by atoms with Crippen LogP contribution >= 0.6 is 0 Å². The van der Waals surface area contributed by atoms with Crippen molar-refractivity contribution in [3.05, 3.63) is 88.8 Å². The van der Waals surface area contributed by atoms with Crippen molar-refractivity contribution in [2.45, 2.75) is 25.3 Å². The van der Waals surface area contributed by atoms with Crippen LogP contribution in [-0.4, -0.2) is 30.7 Å². The minimum atomic E-state index is -3.83. The minimum absolute atomic E-state index is 0.0347. The Morgan fingerprint density at radius 3 is 2.17 bits per heavy atom. The quantitative estimate of drug-likeness (QED) is 0.385. The number of hydrogen-bond donors (Lipinski definition) is 2. The first-order valence-electron chi connectivity index (χ1n) is 11.0. The molecule has 0 saturated carbocycles. The molecule has 0 atom stereocenters. The molecule has 1 amide bonds. The van der Waals surface area contributed by atoms with Crippen molar-refractivity contribution in [3.63, 3.8) is 0 Å². The van der Waals surface area contributed by atoms with Crippen LogP contribution in [0.4, 0.5) is 11.4 Å². The second kappa shape index (κ2) is 9.98.